The van der Waals surface area contributed by atoms with Gasteiger partial charge < -0.3 is 4.74 Å². The predicted molar refractivity (Wildman–Crippen MR) is 29.2 cm³/mol. The van der Waals surface area contributed by atoms with Crippen molar-refractivity contribution in [3.05, 3.63) is 0 Å². The summed E-state index contributed by atoms with van der Waals surface area (Å²) in [5.74, 6) is 0.687. The summed E-state index contributed by atoms with van der Waals surface area (Å²) < 4.78 is 5.16. The average molecular weight is 100 g/mol. The first-order chi connectivity index (χ1) is 3.15. The number of epoxide rings is 1. The lowest BCUT2D eigenvalue weighted by Gasteiger charge is -2.06. The van der Waals surface area contributed by atoms with Gasteiger partial charge in [-0.3, -0.25) is 0 Å². The standard InChI is InChI=1S/C6H12O/c1-5(2)6(3)4-7-6/h5H,4H2,1-3H3/t6-/m1/s1. The van der Waals surface area contributed by atoms with Crippen LogP contribution in [0, 0.1) is 5.92 Å². The second-order valence-electron chi connectivity index (χ2n) is 2.76. The normalized spacial score (nSPS) is 39.4. The molecule has 0 aromatic carbocycles. The largest absolute Gasteiger partial charge is 0.370 e. The van der Waals surface area contributed by atoms with E-state index in [0.29, 0.717) is 5.92 Å². The van der Waals surface area contributed by atoms with Crippen LogP contribution < -0.4 is 0 Å². The molecule has 1 atom stereocenters. The van der Waals surface area contributed by atoms with Crippen molar-refractivity contribution in [2.75, 3.05) is 6.61 Å². The minimum absolute atomic E-state index is 0.250. The maximum absolute atomic E-state index is 5.16. The molecule has 1 heterocycles. The lowest BCUT2D eigenvalue weighted by atomic mass is 10.00. The molecule has 0 N–H and O–H groups in total. The molecule has 0 aromatic heterocycles. The number of rotatable bonds is 1. The Kier molecular flexibility index (Phi) is 0.890. The molecule has 1 fully saturated rings. The van der Waals surface area contributed by atoms with Crippen molar-refractivity contribution in [3.8, 4) is 0 Å². The Morgan fingerprint density at radius 3 is 2.00 bits per heavy atom. The van der Waals surface area contributed by atoms with Gasteiger partial charge in [-0.1, -0.05) is 13.8 Å². The van der Waals surface area contributed by atoms with Crippen LogP contribution in [0.25, 0.3) is 0 Å². The molecule has 7 heavy (non-hydrogen) atoms. The van der Waals surface area contributed by atoms with Crippen molar-refractivity contribution < 1.29 is 4.74 Å². The van der Waals surface area contributed by atoms with E-state index in [1.54, 1.807) is 0 Å². The van der Waals surface area contributed by atoms with Gasteiger partial charge in [0.05, 0.1) is 12.2 Å². The first kappa shape index (κ1) is 5.10. The van der Waals surface area contributed by atoms with Crippen LogP contribution >= 0.6 is 0 Å². The van der Waals surface area contributed by atoms with Crippen LogP contribution in [0.1, 0.15) is 20.8 Å². The van der Waals surface area contributed by atoms with E-state index in [1.165, 1.54) is 0 Å². The Hall–Kier alpha value is -0.0400. The van der Waals surface area contributed by atoms with E-state index >= 15 is 0 Å². The summed E-state index contributed by atoms with van der Waals surface area (Å²) in [6.45, 7) is 7.49. The molecule has 0 bridgehead atoms. The molecular formula is C6H12O. The van der Waals surface area contributed by atoms with E-state index in [0.717, 1.165) is 6.61 Å². The fourth-order valence-corrected chi connectivity index (χ4v) is 0.447. The molecule has 0 saturated carbocycles. The fourth-order valence-electron chi connectivity index (χ4n) is 0.447. The molecule has 0 unspecified atom stereocenters. The highest BCUT2D eigenvalue weighted by atomic mass is 16.6. The quantitative estimate of drug-likeness (QED) is 0.454. The van der Waals surface area contributed by atoms with Crippen molar-refractivity contribution in [3.63, 3.8) is 0 Å². The van der Waals surface area contributed by atoms with Crippen molar-refractivity contribution >= 4 is 0 Å². The van der Waals surface area contributed by atoms with Gasteiger partial charge in [0.15, 0.2) is 0 Å². The minimum atomic E-state index is 0.250. The van der Waals surface area contributed by atoms with Crippen LogP contribution in [-0.2, 0) is 4.74 Å². The predicted octanol–water partition coefficient (Wildman–Crippen LogP) is 1.43. The number of hydrogen-bond acceptors (Lipinski definition) is 1. The van der Waals surface area contributed by atoms with Crippen molar-refractivity contribution in [1.29, 1.82) is 0 Å². The van der Waals surface area contributed by atoms with Crippen LogP contribution in [0.4, 0.5) is 0 Å². The van der Waals surface area contributed by atoms with Crippen molar-refractivity contribution in [2.24, 2.45) is 5.92 Å². The third kappa shape index (κ3) is 0.778. The third-order valence-corrected chi connectivity index (χ3v) is 1.82. The molecule has 1 rings (SSSR count). The molecule has 0 spiro atoms. The van der Waals surface area contributed by atoms with Crippen LogP contribution in [0.15, 0.2) is 0 Å². The molecule has 1 aliphatic heterocycles. The van der Waals surface area contributed by atoms with E-state index in [9.17, 15) is 0 Å². The molecule has 1 saturated heterocycles. The van der Waals surface area contributed by atoms with Gasteiger partial charge in [0.25, 0.3) is 0 Å². The van der Waals surface area contributed by atoms with Crippen LogP contribution in [-0.4, -0.2) is 12.2 Å². The topological polar surface area (TPSA) is 12.5 Å². The smallest absolute Gasteiger partial charge is 0.0911 e. The van der Waals surface area contributed by atoms with Gasteiger partial charge in [0.1, 0.15) is 0 Å². The second-order valence-corrected chi connectivity index (χ2v) is 2.76. The summed E-state index contributed by atoms with van der Waals surface area (Å²) in [5, 5.41) is 0. The molecule has 1 aliphatic rings. The lowest BCUT2D eigenvalue weighted by molar-refractivity contribution is 0.260. The fraction of sp³-hybridized carbons (Fsp3) is 1.00. The number of hydrogen-bond donors (Lipinski definition) is 0. The van der Waals surface area contributed by atoms with Crippen LogP contribution in [0.3, 0.4) is 0 Å². The summed E-state index contributed by atoms with van der Waals surface area (Å²) in [4.78, 5) is 0. The Morgan fingerprint density at radius 2 is 2.00 bits per heavy atom. The summed E-state index contributed by atoms with van der Waals surface area (Å²) in [6, 6.07) is 0. The Morgan fingerprint density at radius 1 is 1.57 bits per heavy atom. The van der Waals surface area contributed by atoms with Gasteiger partial charge in [-0.25, -0.2) is 0 Å². The highest BCUT2D eigenvalue weighted by molar-refractivity contribution is 4.89. The van der Waals surface area contributed by atoms with Gasteiger partial charge >= 0.3 is 0 Å². The highest BCUT2D eigenvalue weighted by Gasteiger charge is 2.41. The van der Waals surface area contributed by atoms with Gasteiger partial charge in [-0.15, -0.1) is 0 Å². The average Bonchev–Trinajstić information content (AvgIpc) is 2.21. The molecule has 0 radical (unpaired) electrons. The maximum atomic E-state index is 5.16. The summed E-state index contributed by atoms with van der Waals surface area (Å²) in [7, 11) is 0. The molecule has 0 aliphatic carbocycles. The second kappa shape index (κ2) is 1.22. The monoisotopic (exact) mass is 100 g/mol. The lowest BCUT2D eigenvalue weighted by Crippen LogP contribution is -2.12. The molecular weight excluding hydrogens is 88.1 g/mol. The van der Waals surface area contributed by atoms with E-state index in [4.69, 9.17) is 4.74 Å². The van der Waals surface area contributed by atoms with Gasteiger partial charge in [0, 0.05) is 0 Å². The van der Waals surface area contributed by atoms with E-state index in [1.807, 2.05) is 0 Å². The van der Waals surface area contributed by atoms with Crippen LogP contribution in [0.5, 0.6) is 0 Å². The molecule has 0 amide bonds. The highest BCUT2D eigenvalue weighted by Crippen LogP contribution is 2.33. The Bertz CT molecular complexity index is 72.2. The van der Waals surface area contributed by atoms with Gasteiger partial charge in [0.2, 0.25) is 0 Å². The summed E-state index contributed by atoms with van der Waals surface area (Å²) in [5.41, 5.74) is 0.250. The van der Waals surface area contributed by atoms with E-state index < -0.39 is 0 Å². The zero-order chi connectivity index (χ0) is 5.49. The summed E-state index contributed by atoms with van der Waals surface area (Å²) in [6.07, 6.45) is 0. The Balaban J connectivity index is 2.39. The number of ether oxygens (including phenoxy) is 1. The van der Waals surface area contributed by atoms with Gasteiger partial charge in [-0.2, -0.15) is 0 Å². The van der Waals surface area contributed by atoms with E-state index in [-0.39, 0.29) is 5.60 Å². The zero-order valence-corrected chi connectivity index (χ0v) is 5.19. The van der Waals surface area contributed by atoms with Crippen molar-refractivity contribution in [2.45, 2.75) is 26.4 Å². The minimum Gasteiger partial charge on any atom is -0.370 e. The molecule has 1 heteroatoms. The van der Waals surface area contributed by atoms with Gasteiger partial charge in [-0.05, 0) is 12.8 Å². The van der Waals surface area contributed by atoms with E-state index in [2.05, 4.69) is 20.8 Å². The third-order valence-electron chi connectivity index (χ3n) is 1.82. The maximum Gasteiger partial charge on any atom is 0.0911 e. The van der Waals surface area contributed by atoms with Crippen molar-refractivity contribution in [1.82, 2.24) is 0 Å². The van der Waals surface area contributed by atoms with Crippen LogP contribution in [0.2, 0.25) is 0 Å². The SMILES string of the molecule is CC(C)[C@@]1(C)CO1. The molecule has 1 nitrogen and oxygen atoms in total. The summed E-state index contributed by atoms with van der Waals surface area (Å²) >= 11 is 0. The Labute approximate surface area is 44.7 Å². The molecule has 42 valence electrons. The zero-order valence-electron chi connectivity index (χ0n) is 5.19. The first-order valence-corrected chi connectivity index (χ1v) is 2.79. The first-order valence-electron chi connectivity index (χ1n) is 2.79. The molecule has 0 aromatic rings.